The molecule has 3 nitrogen and oxygen atoms in total. The maximum absolute atomic E-state index is 4.70. The van der Waals surface area contributed by atoms with E-state index in [-0.39, 0.29) is 24.8 Å². The number of hydrogen-bond donors (Lipinski definition) is 1. The lowest BCUT2D eigenvalue weighted by atomic mass is 10.1. The molecule has 0 atom stereocenters. The highest BCUT2D eigenvalue weighted by atomic mass is 35.5. The Labute approximate surface area is 159 Å². The van der Waals surface area contributed by atoms with Crippen LogP contribution in [0, 0.1) is 0 Å². The van der Waals surface area contributed by atoms with Gasteiger partial charge in [0.2, 0.25) is 0 Å². The molecule has 0 aliphatic carbocycles. The van der Waals surface area contributed by atoms with E-state index in [4.69, 9.17) is 4.99 Å². The molecular formula is C18H21Cl2N3S. The predicted octanol–water partition coefficient (Wildman–Crippen LogP) is 4.37. The van der Waals surface area contributed by atoms with E-state index in [9.17, 15) is 0 Å². The van der Waals surface area contributed by atoms with Gasteiger partial charge in [0.1, 0.15) is 0 Å². The van der Waals surface area contributed by atoms with E-state index in [1.807, 2.05) is 11.8 Å². The second kappa shape index (κ2) is 8.77. The topological polar surface area (TPSA) is 27.6 Å². The van der Waals surface area contributed by atoms with Crippen LogP contribution < -0.4 is 5.32 Å². The summed E-state index contributed by atoms with van der Waals surface area (Å²) >= 11 is 1.82. The van der Waals surface area contributed by atoms with Gasteiger partial charge in [0.15, 0.2) is 5.17 Å². The van der Waals surface area contributed by atoms with Gasteiger partial charge in [-0.25, -0.2) is 4.99 Å². The molecule has 0 fully saturated rings. The Morgan fingerprint density at radius 1 is 0.917 bits per heavy atom. The van der Waals surface area contributed by atoms with E-state index in [2.05, 4.69) is 58.7 Å². The molecule has 0 unspecified atom stereocenters. The number of amidine groups is 1. The van der Waals surface area contributed by atoms with E-state index in [1.165, 1.54) is 16.7 Å². The summed E-state index contributed by atoms with van der Waals surface area (Å²) in [6.45, 7) is 4.15. The lowest BCUT2D eigenvalue weighted by Crippen LogP contribution is -2.25. The van der Waals surface area contributed by atoms with Crippen molar-refractivity contribution in [2.75, 3.05) is 12.3 Å². The molecule has 1 N–H and O–H groups in total. The fraction of sp³-hybridized carbons (Fsp3) is 0.278. The molecule has 0 spiro atoms. The lowest BCUT2D eigenvalue weighted by Gasteiger charge is -2.18. The zero-order chi connectivity index (χ0) is 14.8. The number of nitrogens with one attached hydrogen (secondary N) is 1. The molecule has 24 heavy (non-hydrogen) atoms. The Morgan fingerprint density at radius 3 is 2.25 bits per heavy atom. The normalized spacial score (nSPS) is 15.2. The van der Waals surface area contributed by atoms with Crippen LogP contribution in [0.3, 0.4) is 0 Å². The zero-order valence-corrected chi connectivity index (χ0v) is 15.7. The number of hydrogen-bond acceptors (Lipinski definition) is 4. The van der Waals surface area contributed by atoms with Crippen molar-refractivity contribution in [1.82, 2.24) is 10.2 Å². The van der Waals surface area contributed by atoms with Gasteiger partial charge >= 0.3 is 0 Å². The average Bonchev–Trinajstić information content (AvgIpc) is 2.97. The van der Waals surface area contributed by atoms with Crippen LogP contribution in [-0.4, -0.2) is 22.4 Å². The van der Waals surface area contributed by atoms with Crippen molar-refractivity contribution in [2.24, 2.45) is 4.99 Å². The van der Waals surface area contributed by atoms with Crippen LogP contribution in [0.5, 0.6) is 0 Å². The predicted molar refractivity (Wildman–Crippen MR) is 108 cm³/mol. The summed E-state index contributed by atoms with van der Waals surface area (Å²) in [5.41, 5.74) is 5.35. The zero-order valence-electron chi connectivity index (χ0n) is 13.3. The van der Waals surface area contributed by atoms with Crippen molar-refractivity contribution in [1.29, 1.82) is 0 Å². The van der Waals surface area contributed by atoms with Crippen molar-refractivity contribution >= 4 is 47.4 Å². The number of aliphatic imine (C=N–C) groups is 1. The maximum atomic E-state index is 4.70. The van der Waals surface area contributed by atoms with Crippen molar-refractivity contribution in [3.63, 3.8) is 0 Å². The van der Waals surface area contributed by atoms with Crippen LogP contribution in [0.15, 0.2) is 53.5 Å². The van der Waals surface area contributed by atoms with E-state index < -0.39 is 0 Å². The van der Waals surface area contributed by atoms with Gasteiger partial charge in [-0.3, -0.25) is 4.90 Å². The molecule has 0 amide bonds. The monoisotopic (exact) mass is 381 g/mol. The third-order valence-electron chi connectivity index (χ3n) is 4.20. The lowest BCUT2D eigenvalue weighted by molar-refractivity contribution is 0.303. The van der Waals surface area contributed by atoms with Gasteiger partial charge in [-0.1, -0.05) is 54.2 Å². The largest absolute Gasteiger partial charge is 0.360 e. The number of para-hydroxylation sites is 1. The fourth-order valence-electron chi connectivity index (χ4n) is 3.01. The van der Waals surface area contributed by atoms with Gasteiger partial charge in [0.25, 0.3) is 0 Å². The average molecular weight is 382 g/mol. The van der Waals surface area contributed by atoms with Crippen LogP contribution in [0.4, 0.5) is 5.69 Å². The van der Waals surface area contributed by atoms with Crippen molar-refractivity contribution < 1.29 is 0 Å². The Hall–Kier alpha value is -1.20. The second-order valence-corrected chi connectivity index (χ2v) is 6.81. The van der Waals surface area contributed by atoms with Crippen LogP contribution in [0.2, 0.25) is 0 Å². The molecule has 6 heteroatoms. The van der Waals surface area contributed by atoms with Gasteiger partial charge in [-0.2, -0.15) is 0 Å². The summed E-state index contributed by atoms with van der Waals surface area (Å²) in [4.78, 5) is 7.21. The Balaban J connectivity index is 0.00000104. The minimum atomic E-state index is 0. The highest BCUT2D eigenvalue weighted by Crippen LogP contribution is 2.25. The maximum Gasteiger partial charge on any atom is 0.162 e. The number of nitrogens with zero attached hydrogens (tertiary/aromatic N) is 2. The second-order valence-electron chi connectivity index (χ2n) is 5.73. The van der Waals surface area contributed by atoms with Crippen molar-refractivity contribution in [2.45, 2.75) is 19.6 Å². The summed E-state index contributed by atoms with van der Waals surface area (Å²) in [5, 5.41) is 4.46. The Kier molecular flexibility index (Phi) is 6.99. The first kappa shape index (κ1) is 19.1. The highest BCUT2D eigenvalue weighted by Gasteiger charge is 2.18. The van der Waals surface area contributed by atoms with Gasteiger partial charge in [-0.05, 0) is 22.8 Å². The smallest absolute Gasteiger partial charge is 0.162 e. The molecule has 128 valence electrons. The first-order valence-electron chi connectivity index (χ1n) is 7.71. The number of halogens is 2. The summed E-state index contributed by atoms with van der Waals surface area (Å²) < 4.78 is 0. The van der Waals surface area contributed by atoms with Crippen LogP contribution in [0.1, 0.15) is 16.7 Å². The summed E-state index contributed by atoms with van der Waals surface area (Å²) in [6, 6.07) is 17.1. The molecule has 4 rings (SSSR count). The Morgan fingerprint density at radius 2 is 1.54 bits per heavy atom. The minimum absolute atomic E-state index is 0. The fourth-order valence-corrected chi connectivity index (χ4v) is 3.89. The molecule has 0 saturated heterocycles. The molecule has 2 aromatic rings. The molecule has 2 heterocycles. The number of benzene rings is 2. The Bertz CT molecular complexity index is 696. The van der Waals surface area contributed by atoms with E-state index >= 15 is 0 Å². The molecule has 0 radical (unpaired) electrons. The summed E-state index contributed by atoms with van der Waals surface area (Å²) in [5.74, 6) is 1.07. The standard InChI is InChI=1S/C18H19N3S.2ClH/c1-2-7-16-13-21(12-15(16)6-1)9-10-22-18-19-11-14-5-3-4-8-17(14)20-18;;/h1-8H,9-13H2,(H,19,20);2*1H. The molecule has 0 aromatic heterocycles. The number of thioether (sulfide) groups is 1. The molecule has 0 saturated carbocycles. The first-order chi connectivity index (χ1) is 10.9. The summed E-state index contributed by atoms with van der Waals surface area (Å²) in [6.07, 6.45) is 0. The highest BCUT2D eigenvalue weighted by molar-refractivity contribution is 8.13. The van der Waals surface area contributed by atoms with E-state index in [0.717, 1.165) is 42.8 Å². The van der Waals surface area contributed by atoms with E-state index in [0.29, 0.717) is 0 Å². The van der Waals surface area contributed by atoms with Crippen LogP contribution in [-0.2, 0) is 19.6 Å². The molecule has 2 aromatic carbocycles. The third-order valence-corrected chi connectivity index (χ3v) is 5.09. The number of fused-ring (bicyclic) bond motifs is 2. The number of rotatable bonds is 3. The van der Waals surface area contributed by atoms with Gasteiger partial charge in [0.05, 0.1) is 5.69 Å². The van der Waals surface area contributed by atoms with Crippen LogP contribution in [0.25, 0.3) is 0 Å². The van der Waals surface area contributed by atoms with Crippen molar-refractivity contribution in [3.8, 4) is 0 Å². The molecular weight excluding hydrogens is 361 g/mol. The SMILES string of the molecule is Cl.Cl.c1ccc2c(c1)CN(CCSC1=Nc3ccccc3CN1)C2. The molecule has 2 aliphatic rings. The van der Waals surface area contributed by atoms with E-state index in [1.54, 1.807) is 0 Å². The van der Waals surface area contributed by atoms with Gasteiger partial charge < -0.3 is 5.32 Å². The summed E-state index contributed by atoms with van der Waals surface area (Å²) in [7, 11) is 0. The quantitative estimate of drug-likeness (QED) is 0.854. The van der Waals surface area contributed by atoms with Crippen molar-refractivity contribution in [3.05, 3.63) is 65.2 Å². The van der Waals surface area contributed by atoms with Gasteiger partial charge in [0, 0.05) is 31.9 Å². The molecule has 2 aliphatic heterocycles. The minimum Gasteiger partial charge on any atom is -0.360 e. The third kappa shape index (κ3) is 4.25. The first-order valence-corrected chi connectivity index (χ1v) is 8.69. The molecule has 0 bridgehead atoms. The van der Waals surface area contributed by atoms with Crippen LogP contribution >= 0.6 is 36.6 Å². The van der Waals surface area contributed by atoms with Gasteiger partial charge in [-0.15, -0.1) is 24.8 Å².